The summed E-state index contributed by atoms with van der Waals surface area (Å²) in [4.78, 5) is 56.5. The van der Waals surface area contributed by atoms with Crippen molar-refractivity contribution in [3.05, 3.63) is 35.9 Å². The summed E-state index contributed by atoms with van der Waals surface area (Å²) >= 11 is 0. The summed E-state index contributed by atoms with van der Waals surface area (Å²) < 4.78 is 14.2. The Balaban J connectivity index is 4.12. The summed E-state index contributed by atoms with van der Waals surface area (Å²) in [7, 11) is 2.69. The molecule has 4 N–H and O–H groups in total. The van der Waals surface area contributed by atoms with Crippen LogP contribution in [0.15, 0.2) is 30.3 Å². The van der Waals surface area contributed by atoms with Crippen LogP contribution in [0, 0.1) is 17.8 Å². The average Bonchev–Trinajstić information content (AvgIpc) is 2.83. The van der Waals surface area contributed by atoms with E-state index in [2.05, 4.69) is 5.32 Å². The predicted octanol–water partition coefficient (Wildman–Crippen LogP) is 2.25. The Morgan fingerprint density at radius 3 is 1.92 bits per heavy atom. The SMILES string of the molecule is [2H]N(C)[C@](C(=O)[C@@H](C)O)(C(=O)C(O)(Cc1ccccc1)C(=O)OC(C)(C)C)C(C(=O)[C@H](CC(C)C)NC)C(C)C. The van der Waals surface area contributed by atoms with E-state index < -0.39 is 70.5 Å². The molecule has 0 aromatic heterocycles. The van der Waals surface area contributed by atoms with Crippen molar-refractivity contribution in [3.63, 3.8) is 0 Å². The predicted molar refractivity (Wildman–Crippen MR) is 150 cm³/mol. The van der Waals surface area contributed by atoms with Gasteiger partial charge in [-0.3, -0.25) is 14.4 Å². The van der Waals surface area contributed by atoms with Gasteiger partial charge < -0.3 is 25.6 Å². The molecule has 1 aromatic carbocycles. The number of ether oxygens (including phenoxy) is 1. The summed E-state index contributed by atoms with van der Waals surface area (Å²) in [5.74, 6) is -6.58. The fourth-order valence-electron chi connectivity index (χ4n) is 4.97. The third-order valence-electron chi connectivity index (χ3n) is 6.69. The van der Waals surface area contributed by atoms with Crippen LogP contribution in [0.2, 0.25) is 1.41 Å². The minimum atomic E-state index is -2.98. The number of Topliss-reactive ketones (excluding diaryl/α,β-unsaturated/α-hetero) is 3. The number of rotatable bonds is 15. The Labute approximate surface area is 234 Å². The van der Waals surface area contributed by atoms with Gasteiger partial charge in [-0.15, -0.1) is 0 Å². The molecule has 0 heterocycles. The molecule has 0 aliphatic heterocycles. The number of carbonyl (C=O) groups excluding carboxylic acids is 4. The van der Waals surface area contributed by atoms with Gasteiger partial charge in [-0.05, 0) is 65.6 Å². The molecule has 0 spiro atoms. The van der Waals surface area contributed by atoms with Crippen molar-refractivity contribution in [2.75, 3.05) is 14.1 Å². The molecule has 39 heavy (non-hydrogen) atoms. The molecule has 0 bridgehead atoms. The van der Waals surface area contributed by atoms with Crippen LogP contribution in [0.25, 0.3) is 0 Å². The summed E-state index contributed by atoms with van der Waals surface area (Å²) in [5.41, 5.74) is -6.44. The molecule has 1 rings (SSSR count). The summed E-state index contributed by atoms with van der Waals surface area (Å²) in [6.07, 6.45) is -2.01. The Morgan fingerprint density at radius 2 is 1.54 bits per heavy atom. The van der Waals surface area contributed by atoms with Crippen LogP contribution in [0.3, 0.4) is 0 Å². The fraction of sp³-hybridized carbons (Fsp3) is 0.667. The molecule has 0 fully saturated rings. The minimum Gasteiger partial charge on any atom is -0.457 e. The number of esters is 1. The number of aliphatic hydroxyl groups excluding tert-OH is 1. The van der Waals surface area contributed by atoms with E-state index in [0.717, 1.165) is 14.0 Å². The van der Waals surface area contributed by atoms with Crippen LogP contribution in [0.4, 0.5) is 0 Å². The van der Waals surface area contributed by atoms with Crippen molar-refractivity contribution >= 4 is 23.3 Å². The van der Waals surface area contributed by atoms with Crippen molar-refractivity contribution in [3.8, 4) is 0 Å². The first-order chi connectivity index (χ1) is 18.3. The lowest BCUT2D eigenvalue weighted by Crippen LogP contribution is -2.74. The van der Waals surface area contributed by atoms with Crippen molar-refractivity contribution in [2.45, 2.75) is 97.1 Å². The van der Waals surface area contributed by atoms with Gasteiger partial charge in [0.05, 0.1) is 12.0 Å². The van der Waals surface area contributed by atoms with E-state index in [-0.39, 0.29) is 5.92 Å². The summed E-state index contributed by atoms with van der Waals surface area (Å²) in [6.45, 7) is 12.9. The van der Waals surface area contributed by atoms with Crippen LogP contribution in [0.5, 0.6) is 0 Å². The third kappa shape index (κ3) is 8.03. The van der Waals surface area contributed by atoms with Gasteiger partial charge in [0.15, 0.2) is 17.1 Å². The van der Waals surface area contributed by atoms with E-state index >= 15 is 0 Å². The van der Waals surface area contributed by atoms with E-state index in [1.165, 1.54) is 0 Å². The number of ketones is 3. The second-order valence-electron chi connectivity index (χ2n) is 12.0. The second kappa shape index (κ2) is 13.7. The second-order valence-corrected chi connectivity index (χ2v) is 12.0. The van der Waals surface area contributed by atoms with Crippen molar-refractivity contribution in [1.82, 2.24) is 10.6 Å². The van der Waals surface area contributed by atoms with Gasteiger partial charge in [0.25, 0.3) is 0 Å². The highest BCUT2D eigenvalue weighted by Crippen LogP contribution is 2.36. The molecule has 0 saturated carbocycles. The van der Waals surface area contributed by atoms with Gasteiger partial charge in [0, 0.05) is 6.42 Å². The Kier molecular flexibility index (Phi) is 11.5. The molecule has 0 radical (unpaired) electrons. The molecule has 9 nitrogen and oxygen atoms in total. The van der Waals surface area contributed by atoms with E-state index in [1.807, 2.05) is 13.8 Å². The smallest absolute Gasteiger partial charge is 0.346 e. The maximum Gasteiger partial charge on any atom is 0.346 e. The highest BCUT2D eigenvalue weighted by molar-refractivity contribution is 6.24. The van der Waals surface area contributed by atoms with Gasteiger partial charge in [-0.1, -0.05) is 58.0 Å². The zero-order valence-electron chi connectivity index (χ0n) is 26.1. The summed E-state index contributed by atoms with van der Waals surface area (Å²) in [6, 6.07) is 7.42. The normalized spacial score (nSPS) is 18.1. The van der Waals surface area contributed by atoms with Gasteiger partial charge in [-0.25, -0.2) is 4.79 Å². The zero-order valence-corrected chi connectivity index (χ0v) is 25.1. The van der Waals surface area contributed by atoms with Gasteiger partial charge >= 0.3 is 5.97 Å². The topological polar surface area (TPSA) is 142 Å². The quantitative estimate of drug-likeness (QED) is 0.191. The Morgan fingerprint density at radius 1 is 1.00 bits per heavy atom. The van der Waals surface area contributed by atoms with E-state index in [4.69, 9.17) is 6.15 Å². The number of nitrogens with one attached hydrogen (secondary N) is 2. The zero-order chi connectivity index (χ0) is 31.2. The van der Waals surface area contributed by atoms with Crippen molar-refractivity contribution < 1.29 is 35.5 Å². The highest BCUT2D eigenvalue weighted by Gasteiger charge is 2.64. The molecule has 2 unspecified atom stereocenters. The molecule has 220 valence electrons. The molecule has 0 aliphatic rings. The molecule has 0 aliphatic carbocycles. The number of likely N-dealkylation sites (N-methyl/N-ethyl adjacent to an activating group) is 2. The van der Waals surface area contributed by atoms with Crippen LogP contribution in [0.1, 0.15) is 67.4 Å². The number of aliphatic hydroxyl groups is 2. The van der Waals surface area contributed by atoms with E-state index in [0.29, 0.717) is 17.3 Å². The summed E-state index contributed by atoms with van der Waals surface area (Å²) in [5, 5.41) is 26.1. The Bertz CT molecular complexity index is 1040. The number of hydrogen-bond donors (Lipinski definition) is 4. The lowest BCUT2D eigenvalue weighted by molar-refractivity contribution is -0.184. The van der Waals surface area contributed by atoms with Gasteiger partial charge in [0.2, 0.25) is 11.4 Å². The lowest BCUT2D eigenvalue weighted by atomic mass is 9.63. The number of hydrogen-bond acceptors (Lipinski definition) is 9. The first-order valence-corrected chi connectivity index (χ1v) is 13.5. The molecule has 9 heteroatoms. The maximum atomic E-state index is 14.8. The monoisotopic (exact) mass is 549 g/mol. The first-order valence-electron chi connectivity index (χ1n) is 13.9. The molecule has 0 saturated heterocycles. The van der Waals surface area contributed by atoms with Crippen molar-refractivity contribution in [1.29, 1.82) is 0 Å². The van der Waals surface area contributed by atoms with E-state index in [1.54, 1.807) is 72.0 Å². The van der Waals surface area contributed by atoms with Gasteiger partial charge in [0.1, 0.15) is 13.1 Å². The fourth-order valence-corrected chi connectivity index (χ4v) is 4.97. The molecule has 5 atom stereocenters. The van der Waals surface area contributed by atoms with Gasteiger partial charge in [-0.2, -0.15) is 0 Å². The highest BCUT2D eigenvalue weighted by atomic mass is 16.6. The Hall–Kier alpha value is -2.46. The standard InChI is InChI=1S/C30H48N2O7/c1-18(2)16-22(31-9)24(34)23(19(3)4)30(32-10,25(35)20(5)33)26(36)29(38,27(37)39-28(6,7)8)17-21-14-12-11-13-15-21/h11-15,18-20,22-23,31-33,38H,16-17H2,1-10H3/t20-,22+,23?,29?,30-/m1/s1/i/hD. The third-order valence-corrected chi connectivity index (χ3v) is 6.69. The lowest BCUT2D eigenvalue weighted by Gasteiger charge is -2.44. The maximum absolute atomic E-state index is 14.8. The average molecular weight is 550 g/mol. The van der Waals surface area contributed by atoms with Crippen LogP contribution in [-0.4, -0.2) is 76.5 Å². The molecular formula is C30H48N2O7. The number of carbonyl (C=O) groups is 4. The van der Waals surface area contributed by atoms with Crippen LogP contribution >= 0.6 is 0 Å². The largest absolute Gasteiger partial charge is 0.457 e. The van der Waals surface area contributed by atoms with Crippen LogP contribution < -0.4 is 10.6 Å². The first kappa shape index (κ1) is 32.8. The molecule has 1 aromatic rings. The van der Waals surface area contributed by atoms with Crippen molar-refractivity contribution in [2.24, 2.45) is 17.8 Å². The molecular weight excluding hydrogens is 500 g/mol. The van der Waals surface area contributed by atoms with Crippen LogP contribution in [-0.2, 0) is 30.3 Å². The van der Waals surface area contributed by atoms with E-state index in [9.17, 15) is 29.4 Å². The minimum absolute atomic E-state index is 0.0669. The molecule has 0 amide bonds. The number of benzene rings is 1.